The Labute approximate surface area is 92.6 Å². The van der Waals surface area contributed by atoms with Crippen LogP contribution in [0.5, 0.6) is 0 Å². The van der Waals surface area contributed by atoms with Gasteiger partial charge in [-0.25, -0.2) is 0 Å². The van der Waals surface area contributed by atoms with Crippen molar-refractivity contribution in [1.29, 1.82) is 0 Å². The van der Waals surface area contributed by atoms with Gasteiger partial charge in [0.2, 0.25) is 0 Å². The maximum Gasteiger partial charge on any atom is 0.160 e. The number of aldehydes is 1. The molecule has 0 aliphatic carbocycles. The largest absolute Gasteiger partial charge is 0.371 e. The second-order valence-electron chi connectivity index (χ2n) is 4.32. The molecule has 1 aromatic rings. The van der Waals surface area contributed by atoms with Gasteiger partial charge in [-0.2, -0.15) is 0 Å². The molecular formula is C11H13NO2S. The number of hydrogen-bond donors (Lipinski definition) is 0. The molecule has 0 N–H and O–H groups in total. The number of carbonyl (C=O) groups excluding carboxylic acids is 1. The summed E-state index contributed by atoms with van der Waals surface area (Å²) in [5.41, 5.74) is 1.31. The van der Waals surface area contributed by atoms with Crippen LogP contribution in [0.15, 0.2) is 11.4 Å². The molecule has 2 fully saturated rings. The molecule has 1 aromatic heterocycles. The Kier molecular flexibility index (Phi) is 2.07. The van der Waals surface area contributed by atoms with Gasteiger partial charge < -0.3 is 9.64 Å². The van der Waals surface area contributed by atoms with E-state index in [0.29, 0.717) is 0 Å². The molecule has 0 bridgehead atoms. The lowest BCUT2D eigenvalue weighted by molar-refractivity contribution is -0.0180. The monoisotopic (exact) mass is 223 g/mol. The zero-order valence-electron chi connectivity index (χ0n) is 8.44. The lowest BCUT2D eigenvalue weighted by Gasteiger charge is -2.48. The number of nitrogens with zero attached hydrogens (tertiary/aromatic N) is 1. The van der Waals surface area contributed by atoms with Crippen molar-refractivity contribution in [3.8, 4) is 0 Å². The van der Waals surface area contributed by atoms with Crippen molar-refractivity contribution in [3.63, 3.8) is 0 Å². The minimum absolute atomic E-state index is 0.142. The topological polar surface area (TPSA) is 29.5 Å². The average molecular weight is 223 g/mol. The fraction of sp³-hybridized carbons (Fsp3) is 0.545. The standard InChI is InChI=1S/C11H13NO2S/c13-5-10-4-9(6-15-10)12-7-11(8-12)2-1-3-14-11/h4-6H,1-3,7-8H2. The zero-order chi connectivity index (χ0) is 10.3. The van der Waals surface area contributed by atoms with Crippen LogP contribution in [0.1, 0.15) is 22.5 Å². The normalized spacial score (nSPS) is 23.1. The Morgan fingerprint density at radius 1 is 1.53 bits per heavy atom. The Morgan fingerprint density at radius 3 is 3.00 bits per heavy atom. The van der Waals surface area contributed by atoms with Crippen molar-refractivity contribution >= 4 is 23.3 Å². The van der Waals surface area contributed by atoms with E-state index < -0.39 is 0 Å². The fourth-order valence-corrected chi connectivity index (χ4v) is 3.12. The Hall–Kier alpha value is -0.870. The molecule has 3 rings (SSSR count). The molecule has 2 aliphatic heterocycles. The number of anilines is 1. The lowest BCUT2D eigenvalue weighted by atomic mass is 9.91. The molecule has 0 atom stereocenters. The second kappa shape index (κ2) is 3.32. The van der Waals surface area contributed by atoms with Crippen LogP contribution in [0.3, 0.4) is 0 Å². The molecule has 0 amide bonds. The van der Waals surface area contributed by atoms with Gasteiger partial charge in [-0.05, 0) is 18.9 Å². The van der Waals surface area contributed by atoms with E-state index in [0.717, 1.165) is 30.9 Å². The summed E-state index contributed by atoms with van der Waals surface area (Å²) in [4.78, 5) is 13.7. The Balaban J connectivity index is 1.69. The van der Waals surface area contributed by atoms with E-state index in [4.69, 9.17) is 4.74 Å². The highest BCUT2D eigenvalue weighted by Gasteiger charge is 2.46. The predicted molar refractivity (Wildman–Crippen MR) is 59.8 cm³/mol. The van der Waals surface area contributed by atoms with Gasteiger partial charge in [0.25, 0.3) is 0 Å². The predicted octanol–water partition coefficient (Wildman–Crippen LogP) is 1.93. The van der Waals surface area contributed by atoms with Gasteiger partial charge in [-0.1, -0.05) is 0 Å². The van der Waals surface area contributed by atoms with Crippen LogP contribution in [-0.2, 0) is 4.74 Å². The lowest BCUT2D eigenvalue weighted by Crippen LogP contribution is -2.61. The number of rotatable bonds is 2. The molecule has 2 saturated heterocycles. The highest BCUT2D eigenvalue weighted by Crippen LogP contribution is 2.38. The van der Waals surface area contributed by atoms with Crippen molar-refractivity contribution in [2.45, 2.75) is 18.4 Å². The van der Waals surface area contributed by atoms with Gasteiger partial charge in [0.1, 0.15) is 5.60 Å². The molecule has 0 aromatic carbocycles. The van der Waals surface area contributed by atoms with Crippen molar-refractivity contribution < 1.29 is 9.53 Å². The summed E-state index contributed by atoms with van der Waals surface area (Å²) in [7, 11) is 0. The number of thiophene rings is 1. The first-order valence-electron chi connectivity index (χ1n) is 5.24. The maximum absolute atomic E-state index is 10.6. The van der Waals surface area contributed by atoms with Gasteiger partial charge in [0.15, 0.2) is 6.29 Å². The number of ether oxygens (including phenoxy) is 1. The van der Waals surface area contributed by atoms with Crippen LogP contribution in [-0.4, -0.2) is 31.6 Å². The molecule has 0 saturated carbocycles. The molecule has 2 aliphatic rings. The van der Waals surface area contributed by atoms with Gasteiger partial charge in [0.05, 0.1) is 4.88 Å². The minimum Gasteiger partial charge on any atom is -0.371 e. The average Bonchev–Trinajstić information content (AvgIpc) is 2.84. The third kappa shape index (κ3) is 1.48. The minimum atomic E-state index is 0.142. The van der Waals surface area contributed by atoms with Crippen molar-refractivity contribution in [2.75, 3.05) is 24.6 Å². The van der Waals surface area contributed by atoms with Crippen LogP contribution in [0.25, 0.3) is 0 Å². The van der Waals surface area contributed by atoms with E-state index in [1.54, 1.807) is 0 Å². The van der Waals surface area contributed by atoms with Crippen molar-refractivity contribution in [1.82, 2.24) is 0 Å². The van der Waals surface area contributed by atoms with Crippen molar-refractivity contribution in [2.24, 2.45) is 0 Å². The summed E-state index contributed by atoms with van der Waals surface area (Å²) in [5, 5.41) is 2.05. The fourth-order valence-electron chi connectivity index (χ4n) is 2.41. The van der Waals surface area contributed by atoms with Gasteiger partial charge in [-0.3, -0.25) is 4.79 Å². The number of hydrogen-bond acceptors (Lipinski definition) is 4. The zero-order valence-corrected chi connectivity index (χ0v) is 9.26. The second-order valence-corrected chi connectivity index (χ2v) is 5.26. The summed E-state index contributed by atoms with van der Waals surface area (Å²) in [5.74, 6) is 0. The number of carbonyl (C=O) groups is 1. The first-order chi connectivity index (χ1) is 7.31. The quantitative estimate of drug-likeness (QED) is 0.717. The van der Waals surface area contributed by atoms with Crippen LogP contribution >= 0.6 is 11.3 Å². The van der Waals surface area contributed by atoms with Crippen molar-refractivity contribution in [3.05, 3.63) is 16.3 Å². The highest BCUT2D eigenvalue weighted by atomic mass is 32.1. The SMILES string of the molecule is O=Cc1cc(N2CC3(CCCO3)C2)cs1. The van der Waals surface area contributed by atoms with E-state index in [-0.39, 0.29) is 5.60 Å². The summed E-state index contributed by atoms with van der Waals surface area (Å²) in [6, 6.07) is 1.96. The Bertz CT molecular complexity index is 374. The summed E-state index contributed by atoms with van der Waals surface area (Å²) >= 11 is 1.51. The molecule has 15 heavy (non-hydrogen) atoms. The molecule has 1 spiro atoms. The van der Waals surface area contributed by atoms with Crippen LogP contribution in [0.2, 0.25) is 0 Å². The first-order valence-corrected chi connectivity index (χ1v) is 6.12. The molecule has 80 valence electrons. The third-order valence-corrected chi connectivity index (χ3v) is 4.08. The van der Waals surface area contributed by atoms with E-state index >= 15 is 0 Å². The molecule has 0 unspecified atom stereocenters. The van der Waals surface area contributed by atoms with E-state index in [9.17, 15) is 4.79 Å². The van der Waals surface area contributed by atoms with Crippen LogP contribution in [0, 0.1) is 0 Å². The molecule has 4 heteroatoms. The summed E-state index contributed by atoms with van der Waals surface area (Å²) < 4.78 is 5.75. The molecular weight excluding hydrogens is 210 g/mol. The smallest absolute Gasteiger partial charge is 0.160 e. The highest BCUT2D eigenvalue weighted by molar-refractivity contribution is 7.12. The summed E-state index contributed by atoms with van der Waals surface area (Å²) in [6.07, 6.45) is 3.29. The van der Waals surface area contributed by atoms with E-state index in [1.807, 2.05) is 11.4 Å². The molecule has 3 nitrogen and oxygen atoms in total. The Morgan fingerprint density at radius 2 is 2.40 bits per heavy atom. The third-order valence-electron chi connectivity index (χ3n) is 3.23. The van der Waals surface area contributed by atoms with E-state index in [2.05, 4.69) is 4.90 Å². The van der Waals surface area contributed by atoms with Crippen LogP contribution < -0.4 is 4.90 Å². The van der Waals surface area contributed by atoms with Gasteiger partial charge in [0, 0.05) is 30.8 Å². The van der Waals surface area contributed by atoms with Gasteiger partial charge in [-0.15, -0.1) is 11.3 Å². The first kappa shape index (κ1) is 9.36. The summed E-state index contributed by atoms with van der Waals surface area (Å²) in [6.45, 7) is 2.89. The molecule has 3 heterocycles. The van der Waals surface area contributed by atoms with Gasteiger partial charge >= 0.3 is 0 Å². The van der Waals surface area contributed by atoms with E-state index in [1.165, 1.54) is 29.9 Å². The molecule has 0 radical (unpaired) electrons. The maximum atomic E-state index is 10.6. The van der Waals surface area contributed by atoms with Crippen LogP contribution in [0.4, 0.5) is 5.69 Å².